The highest BCUT2D eigenvalue weighted by Gasteiger charge is 2.19. The molecule has 0 fully saturated rings. The first-order valence-corrected chi connectivity index (χ1v) is 6.48. The molecule has 0 unspecified atom stereocenters. The lowest BCUT2D eigenvalue weighted by Gasteiger charge is -2.09. The molecule has 0 radical (unpaired) electrons. The summed E-state index contributed by atoms with van der Waals surface area (Å²) in [5.41, 5.74) is 0.656. The van der Waals surface area contributed by atoms with Gasteiger partial charge in [-0.05, 0) is 24.3 Å². The van der Waals surface area contributed by atoms with Crippen molar-refractivity contribution in [3.8, 4) is 0 Å². The summed E-state index contributed by atoms with van der Waals surface area (Å²) in [6.45, 7) is 1.35. The topological polar surface area (TPSA) is 59.1 Å². The average molecular weight is 309 g/mol. The molecule has 0 atom stereocenters. The number of halogens is 2. The van der Waals surface area contributed by atoms with Crippen LogP contribution < -0.4 is 5.32 Å². The summed E-state index contributed by atoms with van der Waals surface area (Å²) in [7, 11) is 0. The normalized spacial score (nSPS) is 10.2. The third-order valence-electron chi connectivity index (χ3n) is 2.51. The van der Waals surface area contributed by atoms with Crippen molar-refractivity contribution >= 4 is 40.6 Å². The van der Waals surface area contributed by atoms with Gasteiger partial charge in [-0.2, -0.15) is 0 Å². The van der Waals surface area contributed by atoms with Gasteiger partial charge in [-0.3, -0.25) is 9.59 Å². The van der Waals surface area contributed by atoms with Gasteiger partial charge in [0.05, 0.1) is 10.7 Å². The Labute approximate surface area is 125 Å². The van der Waals surface area contributed by atoms with Crippen LogP contribution in [-0.2, 0) is 4.79 Å². The summed E-state index contributed by atoms with van der Waals surface area (Å²) in [4.78, 5) is 27.6. The number of rotatable bonds is 3. The van der Waals surface area contributed by atoms with Gasteiger partial charge in [-0.15, -0.1) is 0 Å². The molecule has 102 valence electrons. The van der Waals surface area contributed by atoms with Crippen molar-refractivity contribution in [1.82, 2.24) is 4.98 Å². The summed E-state index contributed by atoms with van der Waals surface area (Å²) < 4.78 is 0. The highest BCUT2D eigenvalue weighted by molar-refractivity contribution is 6.35. The van der Waals surface area contributed by atoms with E-state index in [0.717, 1.165) is 0 Å². The van der Waals surface area contributed by atoms with E-state index in [4.69, 9.17) is 23.2 Å². The summed E-state index contributed by atoms with van der Waals surface area (Å²) in [6.07, 6.45) is 0. The van der Waals surface area contributed by atoms with Crippen molar-refractivity contribution in [2.24, 2.45) is 0 Å². The van der Waals surface area contributed by atoms with Gasteiger partial charge in [0, 0.05) is 12.5 Å². The first kappa shape index (κ1) is 14.5. The zero-order valence-electron chi connectivity index (χ0n) is 10.5. The van der Waals surface area contributed by atoms with Gasteiger partial charge in [0.1, 0.15) is 10.8 Å². The lowest BCUT2D eigenvalue weighted by molar-refractivity contribution is -0.114. The number of hydrogen-bond donors (Lipinski definition) is 1. The van der Waals surface area contributed by atoms with Crippen LogP contribution in [0.4, 0.5) is 5.69 Å². The molecule has 0 aliphatic carbocycles. The van der Waals surface area contributed by atoms with Crippen LogP contribution >= 0.6 is 23.2 Å². The average Bonchev–Trinajstić information content (AvgIpc) is 2.40. The molecule has 1 amide bonds. The second kappa shape index (κ2) is 6.03. The van der Waals surface area contributed by atoms with Gasteiger partial charge in [-0.25, -0.2) is 4.98 Å². The number of aromatic nitrogens is 1. The molecule has 1 aromatic carbocycles. The summed E-state index contributed by atoms with van der Waals surface area (Å²) in [6, 6.07) is 9.64. The van der Waals surface area contributed by atoms with E-state index in [9.17, 15) is 9.59 Å². The monoisotopic (exact) mass is 308 g/mol. The molecule has 1 aromatic heterocycles. The molecule has 0 aliphatic rings. The van der Waals surface area contributed by atoms with Crippen LogP contribution in [0, 0.1) is 0 Å². The quantitative estimate of drug-likeness (QED) is 0.696. The van der Waals surface area contributed by atoms with E-state index < -0.39 is 5.78 Å². The molecule has 0 saturated carbocycles. The Bertz CT molecular complexity index is 687. The molecule has 0 saturated heterocycles. The molecule has 2 rings (SSSR count). The zero-order valence-corrected chi connectivity index (χ0v) is 12.0. The summed E-state index contributed by atoms with van der Waals surface area (Å²) in [5, 5.41) is 3.02. The van der Waals surface area contributed by atoms with Crippen LogP contribution in [-0.4, -0.2) is 16.7 Å². The number of hydrogen-bond acceptors (Lipinski definition) is 3. The van der Waals surface area contributed by atoms with Gasteiger partial charge >= 0.3 is 0 Å². The van der Waals surface area contributed by atoms with E-state index in [1.165, 1.54) is 19.1 Å². The lowest BCUT2D eigenvalue weighted by Crippen LogP contribution is -2.13. The number of anilines is 1. The molecular formula is C14H10Cl2N2O2. The fourth-order valence-corrected chi connectivity index (χ4v) is 2.04. The minimum atomic E-state index is -0.401. The second-order valence-electron chi connectivity index (χ2n) is 4.02. The van der Waals surface area contributed by atoms with E-state index in [0.29, 0.717) is 16.3 Å². The third-order valence-corrected chi connectivity index (χ3v) is 3.05. The van der Waals surface area contributed by atoms with Gasteiger partial charge in [0.2, 0.25) is 11.7 Å². The predicted molar refractivity (Wildman–Crippen MR) is 78.4 cm³/mol. The zero-order chi connectivity index (χ0) is 14.7. The number of ketones is 1. The number of nitrogens with one attached hydrogen (secondary N) is 1. The first-order valence-electron chi connectivity index (χ1n) is 5.72. The fraction of sp³-hybridized carbons (Fsp3) is 0.0714. The van der Waals surface area contributed by atoms with Crippen LogP contribution in [0.25, 0.3) is 0 Å². The minimum Gasteiger partial charge on any atom is -0.324 e. The molecule has 0 bridgehead atoms. The smallest absolute Gasteiger partial charge is 0.221 e. The number of amides is 1. The molecule has 6 heteroatoms. The van der Waals surface area contributed by atoms with E-state index in [1.54, 1.807) is 24.3 Å². The standard InChI is InChI=1S/C14H10Cl2N2O2/c1-8(19)17-11-6-7-12(16)18-13(11)14(20)9-4-2-3-5-10(9)15/h2-7H,1H3,(H,17,19). The summed E-state index contributed by atoms with van der Waals surface area (Å²) in [5.74, 6) is -0.704. The van der Waals surface area contributed by atoms with E-state index >= 15 is 0 Å². The van der Waals surface area contributed by atoms with Crippen molar-refractivity contribution < 1.29 is 9.59 Å². The molecule has 1 heterocycles. The Morgan fingerprint density at radius 1 is 1.10 bits per heavy atom. The van der Waals surface area contributed by atoms with Crippen molar-refractivity contribution in [3.63, 3.8) is 0 Å². The van der Waals surface area contributed by atoms with Crippen LogP contribution in [0.1, 0.15) is 23.0 Å². The highest BCUT2D eigenvalue weighted by atomic mass is 35.5. The minimum absolute atomic E-state index is 0.0563. The SMILES string of the molecule is CC(=O)Nc1ccc(Cl)nc1C(=O)c1ccccc1Cl. The van der Waals surface area contributed by atoms with E-state index in [-0.39, 0.29) is 16.8 Å². The molecule has 2 aromatic rings. The Kier molecular flexibility index (Phi) is 4.37. The third kappa shape index (κ3) is 3.15. The van der Waals surface area contributed by atoms with Gasteiger partial charge in [-0.1, -0.05) is 35.3 Å². The number of carbonyl (C=O) groups excluding carboxylic acids is 2. The van der Waals surface area contributed by atoms with Crippen molar-refractivity contribution in [3.05, 3.63) is 57.8 Å². The Balaban J connectivity index is 2.51. The Morgan fingerprint density at radius 3 is 2.45 bits per heavy atom. The fourth-order valence-electron chi connectivity index (χ4n) is 1.67. The first-order chi connectivity index (χ1) is 9.49. The van der Waals surface area contributed by atoms with Crippen LogP contribution in [0.3, 0.4) is 0 Å². The second-order valence-corrected chi connectivity index (χ2v) is 4.81. The van der Waals surface area contributed by atoms with Crippen LogP contribution in [0.5, 0.6) is 0 Å². The Morgan fingerprint density at radius 2 is 1.80 bits per heavy atom. The molecule has 1 N–H and O–H groups in total. The van der Waals surface area contributed by atoms with Gasteiger partial charge in [0.15, 0.2) is 0 Å². The predicted octanol–water partition coefficient (Wildman–Crippen LogP) is 3.58. The van der Waals surface area contributed by atoms with E-state index in [2.05, 4.69) is 10.3 Å². The summed E-state index contributed by atoms with van der Waals surface area (Å²) >= 11 is 11.8. The van der Waals surface area contributed by atoms with Crippen molar-refractivity contribution in [1.29, 1.82) is 0 Å². The molecular weight excluding hydrogens is 299 g/mol. The van der Waals surface area contributed by atoms with Crippen LogP contribution in [0.2, 0.25) is 10.2 Å². The number of carbonyl (C=O) groups is 2. The number of pyridine rings is 1. The highest BCUT2D eigenvalue weighted by Crippen LogP contribution is 2.24. The molecule has 20 heavy (non-hydrogen) atoms. The molecule has 0 spiro atoms. The molecule has 0 aliphatic heterocycles. The van der Waals surface area contributed by atoms with Gasteiger partial charge < -0.3 is 5.32 Å². The van der Waals surface area contributed by atoms with Gasteiger partial charge in [0.25, 0.3) is 0 Å². The van der Waals surface area contributed by atoms with E-state index in [1.807, 2.05) is 0 Å². The largest absolute Gasteiger partial charge is 0.324 e. The van der Waals surface area contributed by atoms with Crippen molar-refractivity contribution in [2.45, 2.75) is 6.92 Å². The number of benzene rings is 1. The van der Waals surface area contributed by atoms with Crippen molar-refractivity contribution in [2.75, 3.05) is 5.32 Å². The lowest BCUT2D eigenvalue weighted by atomic mass is 10.1. The maximum atomic E-state index is 12.5. The number of nitrogens with zero attached hydrogens (tertiary/aromatic N) is 1. The molecule has 4 nitrogen and oxygen atoms in total. The Hall–Kier alpha value is -1.91. The van der Waals surface area contributed by atoms with Crippen LogP contribution in [0.15, 0.2) is 36.4 Å². The maximum Gasteiger partial charge on any atom is 0.221 e. The maximum absolute atomic E-state index is 12.5.